The Kier molecular flexibility index (Phi) is 14.0. The fourth-order valence-corrected chi connectivity index (χ4v) is 4.10. The Morgan fingerprint density at radius 2 is 1.09 bits per heavy atom. The summed E-state index contributed by atoms with van der Waals surface area (Å²) in [6.45, 7) is 0. The summed E-state index contributed by atoms with van der Waals surface area (Å²) in [4.78, 5) is 10.4. The highest BCUT2D eigenvalue weighted by Gasteiger charge is 1.99. The highest BCUT2D eigenvalue weighted by atomic mass is 16.4. The second-order valence-electron chi connectivity index (χ2n) is 8.89. The largest absolute Gasteiger partial charge is 0.481 e. The molecular weight excluding hydrogens is 392 g/mol. The molecule has 1 N–H and O–H groups in total. The topological polar surface area (TPSA) is 37.3 Å². The maximum absolute atomic E-state index is 10.4. The lowest BCUT2D eigenvalue weighted by atomic mass is 10.0. The minimum Gasteiger partial charge on any atom is -0.481 e. The number of benzene rings is 2. The molecule has 2 aromatic carbocycles. The van der Waals surface area contributed by atoms with Gasteiger partial charge in [-0.3, -0.25) is 4.79 Å². The third kappa shape index (κ3) is 12.5. The van der Waals surface area contributed by atoms with Crippen molar-refractivity contribution < 1.29 is 9.90 Å². The van der Waals surface area contributed by atoms with Crippen molar-refractivity contribution >= 4 is 5.97 Å². The van der Waals surface area contributed by atoms with Crippen molar-refractivity contribution in [3.05, 3.63) is 72.3 Å². The van der Waals surface area contributed by atoms with E-state index in [0.717, 1.165) is 12.8 Å². The molecule has 0 aliphatic rings. The standard InChI is InChI=1S/C30H42O2/c31-30(32)22-18-13-11-9-7-5-3-1-2-4-6-8-10-12-15-19-27-23-25-29(26-24-27)28-20-16-14-17-21-28/h1,3,14,16-17,20-21,23-26H,2,4-13,15,18-19,22H2,(H,31,32)/b3-1-. The first-order chi connectivity index (χ1) is 15.8. The first kappa shape index (κ1) is 25.9. The molecule has 174 valence electrons. The van der Waals surface area contributed by atoms with E-state index in [9.17, 15) is 4.79 Å². The number of aryl methyl sites for hydroxylation is 1. The maximum Gasteiger partial charge on any atom is 0.303 e. The van der Waals surface area contributed by atoms with Crippen molar-refractivity contribution in [3.63, 3.8) is 0 Å². The molecule has 2 heteroatoms. The van der Waals surface area contributed by atoms with Gasteiger partial charge in [-0.2, -0.15) is 0 Å². The lowest BCUT2D eigenvalue weighted by Crippen LogP contribution is -1.93. The van der Waals surface area contributed by atoms with Gasteiger partial charge in [0, 0.05) is 6.42 Å². The van der Waals surface area contributed by atoms with E-state index in [1.165, 1.54) is 93.7 Å². The molecule has 0 saturated heterocycles. The van der Waals surface area contributed by atoms with E-state index in [4.69, 9.17) is 5.11 Å². The molecule has 2 aromatic rings. The quantitative estimate of drug-likeness (QED) is 0.188. The van der Waals surface area contributed by atoms with Crippen molar-refractivity contribution in [2.24, 2.45) is 0 Å². The monoisotopic (exact) mass is 434 g/mol. The Balaban J connectivity index is 1.37. The van der Waals surface area contributed by atoms with Crippen LogP contribution >= 0.6 is 0 Å². The molecule has 2 rings (SSSR count). The van der Waals surface area contributed by atoms with Gasteiger partial charge in [-0.25, -0.2) is 0 Å². The molecule has 32 heavy (non-hydrogen) atoms. The maximum atomic E-state index is 10.4. The Morgan fingerprint density at radius 3 is 1.69 bits per heavy atom. The number of carboxylic acid groups (broad SMARTS) is 1. The average Bonchev–Trinajstić information content (AvgIpc) is 2.82. The molecule has 0 unspecified atom stereocenters. The van der Waals surface area contributed by atoms with Gasteiger partial charge in [0.05, 0.1) is 0 Å². The van der Waals surface area contributed by atoms with Gasteiger partial charge in [0.2, 0.25) is 0 Å². The zero-order valence-electron chi connectivity index (χ0n) is 19.8. The van der Waals surface area contributed by atoms with Crippen molar-refractivity contribution in [3.8, 4) is 11.1 Å². The molecule has 0 fully saturated rings. The van der Waals surface area contributed by atoms with Gasteiger partial charge in [-0.05, 0) is 61.6 Å². The molecule has 0 heterocycles. The van der Waals surface area contributed by atoms with Crippen LogP contribution in [0.2, 0.25) is 0 Å². The van der Waals surface area contributed by atoms with Crippen molar-refractivity contribution in [2.75, 3.05) is 0 Å². The molecule has 0 aliphatic heterocycles. The number of carbonyl (C=O) groups is 1. The average molecular weight is 435 g/mol. The zero-order valence-corrected chi connectivity index (χ0v) is 19.8. The van der Waals surface area contributed by atoms with Crippen LogP contribution in [-0.2, 0) is 11.2 Å². The Bertz CT molecular complexity index is 746. The minimum absolute atomic E-state index is 0.322. The van der Waals surface area contributed by atoms with E-state index in [1.54, 1.807) is 0 Å². The third-order valence-corrected chi connectivity index (χ3v) is 6.08. The number of unbranched alkanes of at least 4 members (excludes halogenated alkanes) is 11. The second-order valence-corrected chi connectivity index (χ2v) is 8.89. The lowest BCUT2D eigenvalue weighted by Gasteiger charge is -2.05. The summed E-state index contributed by atoms with van der Waals surface area (Å²) in [5, 5.41) is 8.60. The molecule has 2 nitrogen and oxygen atoms in total. The Morgan fingerprint density at radius 1 is 0.594 bits per heavy atom. The van der Waals surface area contributed by atoms with E-state index < -0.39 is 5.97 Å². The van der Waals surface area contributed by atoms with E-state index in [2.05, 4.69) is 66.7 Å². The minimum atomic E-state index is -0.669. The number of hydrogen-bond acceptors (Lipinski definition) is 1. The van der Waals surface area contributed by atoms with Crippen LogP contribution in [0.5, 0.6) is 0 Å². The van der Waals surface area contributed by atoms with Crippen molar-refractivity contribution in [1.29, 1.82) is 0 Å². The molecule has 0 bridgehead atoms. The van der Waals surface area contributed by atoms with E-state index in [0.29, 0.717) is 6.42 Å². The molecule has 0 radical (unpaired) electrons. The Labute approximate surface area is 195 Å². The van der Waals surface area contributed by atoms with Gasteiger partial charge >= 0.3 is 5.97 Å². The van der Waals surface area contributed by atoms with Gasteiger partial charge in [-0.15, -0.1) is 0 Å². The SMILES string of the molecule is O=C(O)CCCCCCC/C=C\CCCCCCCCc1ccc(-c2ccccc2)cc1. The predicted molar refractivity (Wildman–Crippen MR) is 137 cm³/mol. The van der Waals surface area contributed by atoms with Gasteiger partial charge < -0.3 is 5.11 Å². The molecular formula is C30H42O2. The van der Waals surface area contributed by atoms with Crippen LogP contribution in [0.15, 0.2) is 66.7 Å². The zero-order chi connectivity index (χ0) is 22.7. The molecule has 0 amide bonds. The molecule has 0 saturated carbocycles. The number of rotatable bonds is 18. The van der Waals surface area contributed by atoms with Crippen LogP contribution in [0.1, 0.15) is 95.5 Å². The van der Waals surface area contributed by atoms with Crippen molar-refractivity contribution in [1.82, 2.24) is 0 Å². The molecule has 0 spiro atoms. The summed E-state index contributed by atoms with van der Waals surface area (Å²) in [7, 11) is 0. The molecule has 0 aliphatic carbocycles. The van der Waals surface area contributed by atoms with E-state index in [-0.39, 0.29) is 0 Å². The van der Waals surface area contributed by atoms with Crippen LogP contribution in [0, 0.1) is 0 Å². The fourth-order valence-electron chi connectivity index (χ4n) is 4.10. The Hall–Kier alpha value is -2.35. The lowest BCUT2D eigenvalue weighted by molar-refractivity contribution is -0.137. The summed E-state index contributed by atoms with van der Waals surface area (Å²) in [6, 6.07) is 19.7. The summed E-state index contributed by atoms with van der Waals surface area (Å²) in [5.74, 6) is -0.669. The van der Waals surface area contributed by atoms with Crippen LogP contribution in [0.3, 0.4) is 0 Å². The molecule has 0 atom stereocenters. The van der Waals surface area contributed by atoms with Crippen LogP contribution in [0.4, 0.5) is 0 Å². The van der Waals surface area contributed by atoms with Crippen LogP contribution < -0.4 is 0 Å². The fraction of sp³-hybridized carbons (Fsp3) is 0.500. The first-order valence-electron chi connectivity index (χ1n) is 12.8. The number of aliphatic carboxylic acids is 1. The highest BCUT2D eigenvalue weighted by molar-refractivity contribution is 5.66. The number of allylic oxidation sites excluding steroid dienone is 2. The molecule has 0 aromatic heterocycles. The van der Waals surface area contributed by atoms with Gasteiger partial charge in [0.1, 0.15) is 0 Å². The van der Waals surface area contributed by atoms with Gasteiger partial charge in [-0.1, -0.05) is 112 Å². The number of hydrogen-bond donors (Lipinski definition) is 1. The summed E-state index contributed by atoms with van der Waals surface area (Å²) in [6.07, 6.45) is 22.1. The summed E-state index contributed by atoms with van der Waals surface area (Å²) in [5.41, 5.74) is 4.05. The van der Waals surface area contributed by atoms with Gasteiger partial charge in [0.25, 0.3) is 0 Å². The number of carboxylic acids is 1. The van der Waals surface area contributed by atoms with Crippen LogP contribution in [-0.4, -0.2) is 11.1 Å². The van der Waals surface area contributed by atoms with E-state index in [1.807, 2.05) is 0 Å². The van der Waals surface area contributed by atoms with Gasteiger partial charge in [0.15, 0.2) is 0 Å². The summed E-state index contributed by atoms with van der Waals surface area (Å²) >= 11 is 0. The second kappa shape index (κ2) is 17.2. The normalized spacial score (nSPS) is 11.2. The van der Waals surface area contributed by atoms with Crippen LogP contribution in [0.25, 0.3) is 11.1 Å². The van der Waals surface area contributed by atoms with E-state index >= 15 is 0 Å². The smallest absolute Gasteiger partial charge is 0.303 e. The highest BCUT2D eigenvalue weighted by Crippen LogP contribution is 2.20. The third-order valence-electron chi connectivity index (χ3n) is 6.08. The predicted octanol–water partition coefficient (Wildman–Crippen LogP) is 9.00. The van der Waals surface area contributed by atoms with Crippen molar-refractivity contribution in [2.45, 2.75) is 96.3 Å². The first-order valence-corrected chi connectivity index (χ1v) is 12.8. The summed E-state index contributed by atoms with van der Waals surface area (Å²) < 4.78 is 0.